The second kappa shape index (κ2) is 4.48. The molecule has 0 spiro atoms. The van der Waals surface area contributed by atoms with E-state index in [4.69, 9.17) is 0 Å². The molecule has 2 rings (SSSR count). The van der Waals surface area contributed by atoms with E-state index in [1.54, 1.807) is 18.2 Å². The Labute approximate surface area is 108 Å². The molecule has 0 aromatic heterocycles. The number of nitrogens with zero attached hydrogens (tertiary/aromatic N) is 1. The van der Waals surface area contributed by atoms with Gasteiger partial charge in [0.25, 0.3) is 0 Å². The second-order valence-electron chi connectivity index (χ2n) is 4.89. The average Bonchev–Trinajstić information content (AvgIpc) is 2.47. The third kappa shape index (κ3) is 1.97. The largest absolute Gasteiger partial charge is 0.300 e. The number of hydrogen-bond donors (Lipinski definition) is 0. The Hall–Kier alpha value is -1.20. The summed E-state index contributed by atoms with van der Waals surface area (Å²) in [6, 6.07) is 6.41. The van der Waals surface area contributed by atoms with Crippen LogP contribution in [0.25, 0.3) is 0 Å². The highest BCUT2D eigenvalue weighted by Gasteiger charge is 2.43. The van der Waals surface area contributed by atoms with Crippen molar-refractivity contribution in [1.29, 1.82) is 0 Å². The Morgan fingerprint density at radius 1 is 1.33 bits per heavy atom. The number of carbonyl (C=O) groups excluding carboxylic acids is 1. The Balaban J connectivity index is 2.60. The van der Waals surface area contributed by atoms with Crippen molar-refractivity contribution in [3.63, 3.8) is 0 Å². The van der Waals surface area contributed by atoms with Crippen LogP contribution in [0.1, 0.15) is 38.8 Å². The van der Waals surface area contributed by atoms with Crippen LogP contribution in [-0.2, 0) is 14.8 Å². The lowest BCUT2D eigenvalue weighted by atomic mass is 10.0. The summed E-state index contributed by atoms with van der Waals surface area (Å²) >= 11 is 0. The monoisotopic (exact) mass is 267 g/mol. The molecule has 1 aliphatic heterocycles. The minimum atomic E-state index is -3.46. The molecule has 0 amide bonds. The summed E-state index contributed by atoms with van der Waals surface area (Å²) in [5.41, 5.74) is 0.737. The zero-order valence-electron chi connectivity index (χ0n) is 10.8. The van der Waals surface area contributed by atoms with E-state index < -0.39 is 10.0 Å². The van der Waals surface area contributed by atoms with Crippen molar-refractivity contribution in [3.05, 3.63) is 29.8 Å². The van der Waals surface area contributed by atoms with E-state index >= 15 is 0 Å². The Bertz CT molecular complexity index is 578. The average molecular weight is 267 g/mol. The fourth-order valence-electron chi connectivity index (χ4n) is 2.52. The first-order valence-electron chi connectivity index (χ1n) is 5.97. The van der Waals surface area contributed by atoms with Crippen LogP contribution in [0.15, 0.2) is 29.2 Å². The standard InChI is InChI=1S/C13H17NO3S/c1-9(2)14-12(8-10(3)15)11-6-4-5-7-13(11)18(14,16)17/h4-7,9,12H,8H2,1-3H3/t12-/m0/s1. The van der Waals surface area contributed by atoms with Crippen molar-refractivity contribution >= 4 is 15.8 Å². The van der Waals surface area contributed by atoms with Crippen molar-refractivity contribution in [2.24, 2.45) is 0 Å². The molecule has 18 heavy (non-hydrogen) atoms. The predicted octanol–water partition coefficient (Wildman–Crippen LogP) is 2.12. The summed E-state index contributed by atoms with van der Waals surface area (Å²) in [5.74, 6) is -0.00227. The predicted molar refractivity (Wildman–Crippen MR) is 68.6 cm³/mol. The van der Waals surface area contributed by atoms with E-state index in [1.165, 1.54) is 11.2 Å². The summed E-state index contributed by atoms with van der Waals surface area (Å²) in [4.78, 5) is 11.7. The zero-order valence-corrected chi connectivity index (χ0v) is 11.6. The summed E-state index contributed by atoms with van der Waals surface area (Å²) < 4.78 is 26.3. The molecular weight excluding hydrogens is 250 g/mol. The van der Waals surface area contributed by atoms with Crippen molar-refractivity contribution in [1.82, 2.24) is 4.31 Å². The van der Waals surface area contributed by atoms with Crippen LogP contribution < -0.4 is 0 Å². The lowest BCUT2D eigenvalue weighted by Crippen LogP contribution is -2.35. The number of fused-ring (bicyclic) bond motifs is 1. The van der Waals surface area contributed by atoms with Gasteiger partial charge in [-0.3, -0.25) is 4.79 Å². The van der Waals surface area contributed by atoms with Crippen molar-refractivity contribution < 1.29 is 13.2 Å². The molecule has 98 valence electrons. The molecule has 0 bridgehead atoms. The van der Waals surface area contributed by atoms with Crippen LogP contribution in [0.2, 0.25) is 0 Å². The van der Waals surface area contributed by atoms with Gasteiger partial charge in [0.05, 0.1) is 10.9 Å². The second-order valence-corrected chi connectivity index (χ2v) is 6.70. The number of Topliss-reactive ketones (excluding diaryl/α,β-unsaturated/α-hetero) is 1. The highest BCUT2D eigenvalue weighted by molar-refractivity contribution is 7.89. The molecule has 0 fully saturated rings. The maximum absolute atomic E-state index is 12.4. The lowest BCUT2D eigenvalue weighted by molar-refractivity contribution is -0.117. The molecule has 1 aliphatic rings. The third-order valence-corrected chi connectivity index (χ3v) is 5.29. The molecule has 0 unspecified atom stereocenters. The first-order chi connectivity index (χ1) is 8.35. The minimum Gasteiger partial charge on any atom is -0.300 e. The summed E-state index contributed by atoms with van der Waals surface area (Å²) in [6.45, 7) is 5.15. The SMILES string of the molecule is CC(=O)C[C@H]1c2ccccc2S(=O)(=O)N1C(C)C. The van der Waals surface area contributed by atoms with Crippen LogP contribution in [0.5, 0.6) is 0 Å². The smallest absolute Gasteiger partial charge is 0.244 e. The van der Waals surface area contributed by atoms with Crippen molar-refractivity contribution in [2.45, 2.75) is 44.2 Å². The highest BCUT2D eigenvalue weighted by Crippen LogP contribution is 2.42. The number of carbonyl (C=O) groups is 1. The Kier molecular flexibility index (Phi) is 3.29. The van der Waals surface area contributed by atoms with E-state index in [0.29, 0.717) is 4.90 Å². The summed E-state index contributed by atoms with van der Waals surface area (Å²) in [6.07, 6.45) is 0.231. The van der Waals surface area contributed by atoms with Gasteiger partial charge in [0.1, 0.15) is 5.78 Å². The molecule has 0 saturated carbocycles. The van der Waals surface area contributed by atoms with Gasteiger partial charge in [-0.1, -0.05) is 18.2 Å². The molecule has 0 radical (unpaired) electrons. The van der Waals surface area contributed by atoms with Gasteiger partial charge in [-0.2, -0.15) is 4.31 Å². The topological polar surface area (TPSA) is 54.5 Å². The van der Waals surface area contributed by atoms with Gasteiger partial charge < -0.3 is 0 Å². The molecule has 1 heterocycles. The van der Waals surface area contributed by atoms with E-state index in [2.05, 4.69) is 0 Å². The van der Waals surface area contributed by atoms with E-state index in [9.17, 15) is 13.2 Å². The van der Waals surface area contributed by atoms with Gasteiger partial charge in [0.2, 0.25) is 10.0 Å². The molecule has 0 saturated heterocycles. The number of benzene rings is 1. The van der Waals surface area contributed by atoms with Gasteiger partial charge >= 0.3 is 0 Å². The lowest BCUT2D eigenvalue weighted by Gasteiger charge is -2.26. The number of rotatable bonds is 3. The van der Waals surface area contributed by atoms with Crippen molar-refractivity contribution in [3.8, 4) is 0 Å². The Morgan fingerprint density at radius 3 is 2.50 bits per heavy atom. The van der Waals surface area contributed by atoms with Crippen LogP contribution in [0, 0.1) is 0 Å². The number of ketones is 1. The molecule has 5 heteroatoms. The van der Waals surface area contributed by atoms with Gasteiger partial charge in [-0.05, 0) is 32.4 Å². The van der Waals surface area contributed by atoms with Gasteiger partial charge in [0.15, 0.2) is 0 Å². The molecular formula is C13H17NO3S. The first-order valence-corrected chi connectivity index (χ1v) is 7.41. The zero-order chi connectivity index (χ0) is 13.5. The van der Waals surface area contributed by atoms with Gasteiger partial charge in [-0.15, -0.1) is 0 Å². The van der Waals surface area contributed by atoms with Gasteiger partial charge in [0, 0.05) is 12.5 Å². The Morgan fingerprint density at radius 2 is 1.94 bits per heavy atom. The van der Waals surface area contributed by atoms with Gasteiger partial charge in [-0.25, -0.2) is 8.42 Å². The molecule has 0 aliphatic carbocycles. The quantitative estimate of drug-likeness (QED) is 0.843. The first kappa shape index (κ1) is 13.2. The maximum Gasteiger partial charge on any atom is 0.244 e. The maximum atomic E-state index is 12.4. The normalized spacial score (nSPS) is 22.1. The van der Waals surface area contributed by atoms with Crippen molar-refractivity contribution in [2.75, 3.05) is 0 Å². The molecule has 1 aromatic rings. The van der Waals surface area contributed by atoms with E-state index in [-0.39, 0.29) is 24.3 Å². The van der Waals surface area contributed by atoms with Crippen LogP contribution in [-0.4, -0.2) is 24.5 Å². The fourth-order valence-corrected chi connectivity index (χ4v) is 4.58. The third-order valence-electron chi connectivity index (χ3n) is 3.13. The summed E-state index contributed by atoms with van der Waals surface area (Å²) in [5, 5.41) is 0. The van der Waals surface area contributed by atoms with E-state index in [0.717, 1.165) is 5.56 Å². The van der Waals surface area contributed by atoms with Crippen LogP contribution in [0.3, 0.4) is 0 Å². The van der Waals surface area contributed by atoms with Crippen LogP contribution >= 0.6 is 0 Å². The number of sulfonamides is 1. The number of hydrogen-bond acceptors (Lipinski definition) is 3. The highest BCUT2D eigenvalue weighted by atomic mass is 32.2. The fraction of sp³-hybridized carbons (Fsp3) is 0.462. The minimum absolute atomic E-state index is 0.00227. The molecule has 1 aromatic carbocycles. The molecule has 1 atom stereocenters. The summed E-state index contributed by atoms with van der Waals surface area (Å²) in [7, 11) is -3.46. The van der Waals surface area contributed by atoms with E-state index in [1.807, 2.05) is 19.9 Å². The van der Waals surface area contributed by atoms with Crippen LogP contribution in [0.4, 0.5) is 0 Å². The molecule has 4 nitrogen and oxygen atoms in total. The molecule has 0 N–H and O–H groups in total.